The first kappa shape index (κ1) is 16.5. The third kappa shape index (κ3) is 3.16. The maximum Gasteiger partial charge on any atom is 0.289 e. The van der Waals surface area contributed by atoms with Gasteiger partial charge in [0, 0.05) is 50.9 Å². The number of guanidine groups is 1. The van der Waals surface area contributed by atoms with Gasteiger partial charge in [0.1, 0.15) is 0 Å². The Labute approximate surface area is 142 Å². The summed E-state index contributed by atoms with van der Waals surface area (Å²) < 4.78 is 39.8. The maximum absolute atomic E-state index is 13.9. The van der Waals surface area contributed by atoms with Crippen LogP contribution < -0.4 is 0 Å². The van der Waals surface area contributed by atoms with Crippen molar-refractivity contribution in [2.45, 2.75) is 37.8 Å². The second-order valence-corrected chi connectivity index (χ2v) is 7.20. The molecule has 2 aliphatic heterocycles. The predicted molar refractivity (Wildman–Crippen MR) is 83.3 cm³/mol. The molecule has 1 unspecified atom stereocenters. The second kappa shape index (κ2) is 5.81. The normalized spacial score (nSPS) is 29.9. The lowest BCUT2D eigenvalue weighted by molar-refractivity contribution is -0.160. The van der Waals surface area contributed by atoms with Gasteiger partial charge in [-0.25, -0.2) is 18.2 Å². The lowest BCUT2D eigenvalue weighted by Gasteiger charge is -2.41. The van der Waals surface area contributed by atoms with Crippen LogP contribution in [0.25, 0.3) is 0 Å². The molecule has 1 atom stereocenters. The van der Waals surface area contributed by atoms with E-state index >= 15 is 0 Å². The van der Waals surface area contributed by atoms with Gasteiger partial charge in [-0.1, -0.05) is 0 Å². The highest BCUT2D eigenvalue weighted by molar-refractivity contribution is 6.18. The fourth-order valence-electron chi connectivity index (χ4n) is 3.52. The number of carbonyl (C=O) groups excluding carboxylic acids is 2. The van der Waals surface area contributed by atoms with Crippen LogP contribution in [0.4, 0.5) is 13.2 Å². The van der Waals surface area contributed by atoms with Gasteiger partial charge in [0.15, 0.2) is 0 Å². The molecule has 136 valence electrons. The Morgan fingerprint density at radius 1 is 1.08 bits per heavy atom. The van der Waals surface area contributed by atoms with Gasteiger partial charge in [-0.2, -0.15) is 4.99 Å². The van der Waals surface area contributed by atoms with Crippen LogP contribution in [0.1, 0.15) is 25.7 Å². The number of piperazine rings is 1. The fraction of sp³-hybridized carbons (Fsp3) is 0.750. The van der Waals surface area contributed by atoms with E-state index in [0.717, 1.165) is 12.8 Å². The Hall–Kier alpha value is -1.93. The molecule has 0 aromatic rings. The monoisotopic (exact) mass is 356 g/mol. The molecule has 4 aliphatic rings. The zero-order valence-corrected chi connectivity index (χ0v) is 13.6. The summed E-state index contributed by atoms with van der Waals surface area (Å²) in [6.45, 7) is 1.53. The number of rotatable bonds is 2. The van der Waals surface area contributed by atoms with Crippen molar-refractivity contribution in [3.05, 3.63) is 0 Å². The average Bonchev–Trinajstić information content (AvgIpc) is 3.39. The number of hydrogen-bond acceptors (Lipinski definition) is 4. The number of nitrogens with zero attached hydrogens (tertiary/aromatic N) is 4. The Kier molecular flexibility index (Phi) is 3.84. The van der Waals surface area contributed by atoms with E-state index < -0.39 is 23.9 Å². The van der Waals surface area contributed by atoms with Gasteiger partial charge in [-0.05, 0) is 12.8 Å². The van der Waals surface area contributed by atoms with E-state index in [1.54, 1.807) is 9.80 Å². The lowest BCUT2D eigenvalue weighted by atomic mass is 9.80. The lowest BCUT2D eigenvalue weighted by Crippen LogP contribution is -2.55. The molecule has 6 nitrogen and oxygen atoms in total. The number of amides is 2. The van der Waals surface area contributed by atoms with Crippen LogP contribution >= 0.6 is 0 Å². The van der Waals surface area contributed by atoms with Crippen molar-refractivity contribution in [2.75, 3.05) is 26.2 Å². The van der Waals surface area contributed by atoms with E-state index in [-0.39, 0.29) is 36.3 Å². The molecule has 1 saturated heterocycles. The number of aliphatic imine (C=N–C) groups is 2. The summed E-state index contributed by atoms with van der Waals surface area (Å²) in [6, 6.07) is 0. The highest BCUT2D eigenvalue weighted by Gasteiger charge is 2.50. The van der Waals surface area contributed by atoms with Crippen LogP contribution in [0.5, 0.6) is 0 Å². The van der Waals surface area contributed by atoms with Crippen LogP contribution in [0.15, 0.2) is 9.98 Å². The molecule has 2 amide bonds. The molecule has 9 heteroatoms. The minimum absolute atomic E-state index is 0.0348. The molecule has 0 radical (unpaired) electrons. The second-order valence-electron chi connectivity index (χ2n) is 7.20. The molecular weight excluding hydrogens is 337 g/mol. The summed E-state index contributed by atoms with van der Waals surface area (Å²) in [5.74, 6) is -4.12. The first-order valence-electron chi connectivity index (χ1n) is 8.61. The standard InChI is InChI=1S/C16H19F3N4O2/c17-11-12(9-1-2-9)20-15(21-13(11)24)23-5-3-22(4-6-23)14(25)10-7-16(18,19)8-10/h9-11H,1-8H2. The summed E-state index contributed by atoms with van der Waals surface area (Å²) in [4.78, 5) is 35.3. The zero-order valence-electron chi connectivity index (χ0n) is 13.6. The van der Waals surface area contributed by atoms with E-state index in [9.17, 15) is 22.8 Å². The highest BCUT2D eigenvalue weighted by atomic mass is 19.3. The van der Waals surface area contributed by atoms with E-state index in [0.29, 0.717) is 26.2 Å². The molecule has 0 aromatic heterocycles. The summed E-state index contributed by atoms with van der Waals surface area (Å²) >= 11 is 0. The van der Waals surface area contributed by atoms with E-state index in [1.165, 1.54) is 0 Å². The molecule has 0 bridgehead atoms. The number of carbonyl (C=O) groups is 2. The van der Waals surface area contributed by atoms with Gasteiger partial charge in [0.05, 0.1) is 5.71 Å². The first-order valence-corrected chi connectivity index (χ1v) is 8.61. The third-order valence-corrected chi connectivity index (χ3v) is 5.22. The zero-order chi connectivity index (χ0) is 17.8. The van der Waals surface area contributed by atoms with Crippen molar-refractivity contribution in [3.8, 4) is 0 Å². The van der Waals surface area contributed by atoms with Gasteiger partial charge < -0.3 is 9.80 Å². The van der Waals surface area contributed by atoms with Crippen LogP contribution in [0.2, 0.25) is 0 Å². The van der Waals surface area contributed by atoms with E-state index in [1.807, 2.05) is 0 Å². The van der Waals surface area contributed by atoms with E-state index in [4.69, 9.17) is 0 Å². The summed E-state index contributed by atoms with van der Waals surface area (Å²) in [5.41, 5.74) is 0.269. The smallest absolute Gasteiger partial charge is 0.289 e. The van der Waals surface area contributed by atoms with Gasteiger partial charge in [0.2, 0.25) is 24.0 Å². The number of hydrogen-bond donors (Lipinski definition) is 0. The van der Waals surface area contributed by atoms with Crippen LogP contribution in [-0.4, -0.2) is 71.6 Å². The third-order valence-electron chi connectivity index (χ3n) is 5.22. The number of halogens is 3. The van der Waals surface area contributed by atoms with Crippen molar-refractivity contribution >= 4 is 23.5 Å². The topological polar surface area (TPSA) is 65.3 Å². The van der Waals surface area contributed by atoms with Crippen molar-refractivity contribution in [2.24, 2.45) is 21.8 Å². The van der Waals surface area contributed by atoms with E-state index in [2.05, 4.69) is 9.98 Å². The molecule has 2 aliphatic carbocycles. The van der Waals surface area contributed by atoms with Crippen molar-refractivity contribution in [3.63, 3.8) is 0 Å². The minimum Gasteiger partial charge on any atom is -0.339 e. The quantitative estimate of drug-likeness (QED) is 0.748. The summed E-state index contributed by atoms with van der Waals surface area (Å²) in [6.07, 6.45) is -0.804. The average molecular weight is 356 g/mol. The van der Waals surface area contributed by atoms with Crippen LogP contribution in [-0.2, 0) is 9.59 Å². The Morgan fingerprint density at radius 3 is 2.28 bits per heavy atom. The molecule has 4 rings (SSSR count). The van der Waals surface area contributed by atoms with Gasteiger partial charge in [0.25, 0.3) is 5.91 Å². The van der Waals surface area contributed by atoms with Gasteiger partial charge >= 0.3 is 0 Å². The summed E-state index contributed by atoms with van der Waals surface area (Å²) in [7, 11) is 0. The fourth-order valence-corrected chi connectivity index (χ4v) is 3.52. The largest absolute Gasteiger partial charge is 0.339 e. The van der Waals surface area contributed by atoms with Crippen molar-refractivity contribution < 1.29 is 22.8 Å². The molecule has 0 aromatic carbocycles. The van der Waals surface area contributed by atoms with Crippen molar-refractivity contribution in [1.82, 2.24) is 9.80 Å². The molecule has 0 N–H and O–H groups in total. The molecule has 0 spiro atoms. The first-order chi connectivity index (χ1) is 11.8. The van der Waals surface area contributed by atoms with Crippen LogP contribution in [0.3, 0.4) is 0 Å². The van der Waals surface area contributed by atoms with Gasteiger partial charge in [-0.3, -0.25) is 9.59 Å². The summed E-state index contributed by atoms with van der Waals surface area (Å²) in [5, 5.41) is 0. The Morgan fingerprint density at radius 2 is 1.72 bits per heavy atom. The number of alkyl halides is 3. The molecule has 3 fully saturated rings. The molecule has 2 saturated carbocycles. The molecular formula is C16H19F3N4O2. The Bertz CT molecular complexity index is 658. The van der Waals surface area contributed by atoms with Crippen molar-refractivity contribution in [1.29, 1.82) is 0 Å². The minimum atomic E-state index is -2.71. The Balaban J connectivity index is 1.36. The molecule has 25 heavy (non-hydrogen) atoms. The SMILES string of the molecule is O=C1N=C(N2CCN(C(=O)C3CC(F)(F)C3)CC2)N=C(C2CC2)C1F. The maximum atomic E-state index is 13.9. The van der Waals surface area contributed by atoms with Gasteiger partial charge in [-0.15, -0.1) is 0 Å². The predicted octanol–water partition coefficient (Wildman–Crippen LogP) is 1.26. The molecule has 2 heterocycles. The van der Waals surface area contributed by atoms with Crippen LogP contribution in [0, 0.1) is 11.8 Å². The highest BCUT2D eigenvalue weighted by Crippen LogP contribution is 2.43.